The fourth-order valence-electron chi connectivity index (χ4n) is 3.54. The first-order valence-electron chi connectivity index (χ1n) is 11.2. The van der Waals surface area contributed by atoms with Crippen molar-refractivity contribution in [1.82, 2.24) is 4.90 Å². The molecule has 0 fully saturated rings. The Hall–Kier alpha value is -1.40. The molecule has 0 radical (unpaired) electrons. The molecule has 0 rings (SSSR count). The molecule has 0 saturated heterocycles. The summed E-state index contributed by atoms with van der Waals surface area (Å²) < 4.78 is 11.2. The third-order valence-electron chi connectivity index (χ3n) is 5.61. The Labute approximate surface area is 184 Å². The van der Waals surface area contributed by atoms with Crippen molar-refractivity contribution in [3.63, 3.8) is 0 Å². The molecule has 0 aliphatic carbocycles. The second-order valence-corrected chi connectivity index (χ2v) is 9.90. The Morgan fingerprint density at radius 3 is 2.23 bits per heavy atom. The van der Waals surface area contributed by atoms with Crippen LogP contribution in [0.4, 0.5) is 0 Å². The molecule has 0 aromatic rings. The highest BCUT2D eigenvalue weighted by atomic mass is 16.5. The molecule has 176 valence electrons. The number of hydrogen-bond acceptors (Lipinski definition) is 6. The highest BCUT2D eigenvalue weighted by Crippen LogP contribution is 2.37. The van der Waals surface area contributed by atoms with E-state index in [0.29, 0.717) is 6.42 Å². The maximum Gasteiger partial charge on any atom is 0.308 e. The Kier molecular flexibility index (Phi) is 12.5. The summed E-state index contributed by atoms with van der Waals surface area (Å²) in [5.74, 6) is -0.690. The van der Waals surface area contributed by atoms with Gasteiger partial charge < -0.3 is 20.1 Å². The van der Waals surface area contributed by atoms with Crippen molar-refractivity contribution in [3.05, 3.63) is 12.2 Å². The van der Waals surface area contributed by atoms with Crippen LogP contribution in [0.25, 0.3) is 0 Å². The zero-order valence-electron chi connectivity index (χ0n) is 20.8. The molecule has 6 nitrogen and oxygen atoms in total. The van der Waals surface area contributed by atoms with Crippen molar-refractivity contribution in [2.45, 2.75) is 85.8 Å². The number of carbonyl (C=O) groups is 2. The largest absolute Gasteiger partial charge is 0.461 e. The van der Waals surface area contributed by atoms with Crippen molar-refractivity contribution >= 4 is 11.9 Å². The minimum absolute atomic E-state index is 0.117. The second-order valence-electron chi connectivity index (χ2n) is 9.90. The maximum atomic E-state index is 12.6. The van der Waals surface area contributed by atoms with Gasteiger partial charge in [-0.15, -0.1) is 0 Å². The van der Waals surface area contributed by atoms with Gasteiger partial charge in [0, 0.05) is 23.3 Å². The Morgan fingerprint density at radius 2 is 1.73 bits per heavy atom. The quantitative estimate of drug-likeness (QED) is 0.331. The van der Waals surface area contributed by atoms with Gasteiger partial charge >= 0.3 is 11.9 Å². The highest BCUT2D eigenvalue weighted by Gasteiger charge is 2.42. The minimum atomic E-state index is -0.718. The van der Waals surface area contributed by atoms with E-state index in [1.54, 1.807) is 19.9 Å². The van der Waals surface area contributed by atoms with Crippen LogP contribution in [0.3, 0.4) is 0 Å². The molecular formula is C24H46N2O4. The van der Waals surface area contributed by atoms with Crippen LogP contribution < -0.4 is 5.73 Å². The zero-order chi connectivity index (χ0) is 23.5. The third kappa shape index (κ3) is 10.6. The van der Waals surface area contributed by atoms with Crippen molar-refractivity contribution < 1.29 is 19.1 Å². The number of nitrogens with zero attached hydrogens (tertiary/aromatic N) is 1. The van der Waals surface area contributed by atoms with Crippen LogP contribution in [-0.2, 0) is 19.1 Å². The van der Waals surface area contributed by atoms with E-state index in [0.717, 1.165) is 25.8 Å². The fraction of sp³-hybridized carbons (Fsp3) is 0.833. The third-order valence-corrected chi connectivity index (χ3v) is 5.61. The summed E-state index contributed by atoms with van der Waals surface area (Å²) in [5.41, 5.74) is 5.70. The van der Waals surface area contributed by atoms with E-state index >= 15 is 0 Å². The van der Waals surface area contributed by atoms with E-state index in [1.807, 2.05) is 34.0 Å². The van der Waals surface area contributed by atoms with Crippen molar-refractivity contribution in [3.8, 4) is 0 Å². The molecule has 6 heteroatoms. The van der Waals surface area contributed by atoms with Crippen LogP contribution in [0.15, 0.2) is 12.2 Å². The van der Waals surface area contributed by atoms with Gasteiger partial charge in [-0.05, 0) is 46.5 Å². The van der Waals surface area contributed by atoms with E-state index in [1.165, 1.54) is 0 Å². The molecule has 0 spiro atoms. The summed E-state index contributed by atoms with van der Waals surface area (Å²) in [5, 5.41) is 0. The topological polar surface area (TPSA) is 81.9 Å². The maximum absolute atomic E-state index is 12.6. The van der Waals surface area contributed by atoms with Gasteiger partial charge in [0.15, 0.2) is 0 Å². The summed E-state index contributed by atoms with van der Waals surface area (Å²) in [7, 11) is 3.98. The number of esters is 2. The molecule has 3 atom stereocenters. The molecule has 0 amide bonds. The lowest BCUT2D eigenvalue weighted by Gasteiger charge is -2.43. The van der Waals surface area contributed by atoms with Gasteiger partial charge in [0.05, 0.1) is 5.92 Å². The molecule has 0 heterocycles. The van der Waals surface area contributed by atoms with Crippen molar-refractivity contribution in [2.24, 2.45) is 23.0 Å². The summed E-state index contributed by atoms with van der Waals surface area (Å²) >= 11 is 0. The van der Waals surface area contributed by atoms with E-state index in [9.17, 15) is 9.59 Å². The van der Waals surface area contributed by atoms with Gasteiger partial charge in [-0.25, -0.2) is 0 Å². The molecule has 0 saturated carbocycles. The zero-order valence-corrected chi connectivity index (χ0v) is 20.8. The average molecular weight is 427 g/mol. The van der Waals surface area contributed by atoms with Crippen LogP contribution >= 0.6 is 0 Å². The standard InChI is InChI=1S/C24H46N2O4/c1-10-14-23(5,6)21(30-20(27)13-11-16-26(8)9)19(4)24(7,25)15-12-17-29-22(28)18(2)3/h12,15,18-19,21H,10-11,13-14,16-17,25H2,1-9H3/b15-12+. The summed E-state index contributed by atoms with van der Waals surface area (Å²) in [6.07, 6.45) is 6.41. The fourth-order valence-corrected chi connectivity index (χ4v) is 3.54. The number of nitrogens with two attached hydrogens (primary N) is 1. The van der Waals surface area contributed by atoms with E-state index in [2.05, 4.69) is 25.7 Å². The first-order chi connectivity index (χ1) is 13.7. The smallest absolute Gasteiger partial charge is 0.308 e. The van der Waals surface area contributed by atoms with Crippen LogP contribution in [0.2, 0.25) is 0 Å². The Morgan fingerprint density at radius 1 is 1.13 bits per heavy atom. The monoisotopic (exact) mass is 426 g/mol. The number of carbonyl (C=O) groups excluding carboxylic acids is 2. The van der Waals surface area contributed by atoms with Crippen LogP contribution in [0.1, 0.15) is 74.1 Å². The van der Waals surface area contributed by atoms with Crippen LogP contribution in [-0.4, -0.2) is 55.7 Å². The normalized spacial score (nSPS) is 16.5. The van der Waals surface area contributed by atoms with E-state index < -0.39 is 5.54 Å². The molecule has 0 aromatic heterocycles. The molecule has 0 aliphatic heterocycles. The number of hydrogen-bond donors (Lipinski definition) is 1. The molecular weight excluding hydrogens is 380 g/mol. The van der Waals surface area contributed by atoms with Crippen molar-refractivity contribution in [2.75, 3.05) is 27.2 Å². The summed E-state index contributed by atoms with van der Waals surface area (Å²) in [6, 6.07) is 0. The molecule has 0 aliphatic rings. The average Bonchev–Trinajstić information content (AvgIpc) is 2.61. The lowest BCUT2D eigenvalue weighted by atomic mass is 9.70. The summed E-state index contributed by atoms with van der Waals surface area (Å²) in [6.45, 7) is 15.0. The van der Waals surface area contributed by atoms with Gasteiger partial charge in [0.25, 0.3) is 0 Å². The van der Waals surface area contributed by atoms with Crippen LogP contribution in [0.5, 0.6) is 0 Å². The summed E-state index contributed by atoms with van der Waals surface area (Å²) in [4.78, 5) is 26.2. The van der Waals surface area contributed by atoms with Crippen molar-refractivity contribution in [1.29, 1.82) is 0 Å². The first kappa shape index (κ1) is 28.6. The van der Waals surface area contributed by atoms with E-state index in [-0.39, 0.29) is 41.9 Å². The van der Waals surface area contributed by atoms with Gasteiger partial charge in [0.1, 0.15) is 12.7 Å². The van der Waals surface area contributed by atoms with Gasteiger partial charge in [-0.2, -0.15) is 0 Å². The lowest BCUT2D eigenvalue weighted by Crippen LogP contribution is -2.52. The number of rotatable bonds is 14. The molecule has 3 unspecified atom stereocenters. The highest BCUT2D eigenvalue weighted by molar-refractivity contribution is 5.71. The predicted octanol–water partition coefficient (Wildman–Crippen LogP) is 4.18. The molecule has 30 heavy (non-hydrogen) atoms. The Bertz CT molecular complexity index is 553. The van der Waals surface area contributed by atoms with E-state index in [4.69, 9.17) is 15.2 Å². The predicted molar refractivity (Wildman–Crippen MR) is 123 cm³/mol. The minimum Gasteiger partial charge on any atom is -0.461 e. The first-order valence-corrected chi connectivity index (χ1v) is 11.2. The molecule has 0 aromatic carbocycles. The second kappa shape index (κ2) is 13.1. The molecule has 2 N–H and O–H groups in total. The van der Waals surface area contributed by atoms with Crippen LogP contribution in [0, 0.1) is 17.3 Å². The number of ether oxygens (including phenoxy) is 2. The van der Waals surface area contributed by atoms with Gasteiger partial charge in [0.2, 0.25) is 0 Å². The molecule has 0 bridgehead atoms. The Balaban J connectivity index is 5.26. The van der Waals surface area contributed by atoms with Gasteiger partial charge in [-0.3, -0.25) is 9.59 Å². The lowest BCUT2D eigenvalue weighted by molar-refractivity contribution is -0.161. The van der Waals surface area contributed by atoms with Gasteiger partial charge in [-0.1, -0.05) is 54.0 Å². The SMILES string of the molecule is CCCC(C)(C)C(OC(=O)CCCN(C)C)C(C)C(C)(N)/C=C/COC(=O)C(C)C.